The Balaban J connectivity index is 2.45. The van der Waals surface area contributed by atoms with E-state index in [0.29, 0.717) is 0 Å². The molecule has 0 amide bonds. The number of rotatable bonds is 6. The van der Waals surface area contributed by atoms with E-state index in [-0.39, 0.29) is 18.2 Å². The van der Waals surface area contributed by atoms with Crippen LogP contribution in [0.1, 0.15) is 12.0 Å². The first-order valence-electron chi connectivity index (χ1n) is 4.79. The van der Waals surface area contributed by atoms with Crippen LogP contribution < -0.4 is 4.74 Å². The second kappa shape index (κ2) is 6.69. The fourth-order valence-electron chi connectivity index (χ4n) is 1.16. The molecule has 84 valence electrons. The van der Waals surface area contributed by atoms with Gasteiger partial charge in [0.2, 0.25) is 0 Å². The van der Waals surface area contributed by atoms with E-state index in [2.05, 4.69) is 0 Å². The lowest BCUT2D eigenvalue weighted by Gasteiger charge is -2.04. The number of hydrogen-bond acceptors (Lipinski definition) is 3. The number of methoxy groups -OCH3 is 1. The minimum Gasteiger partial charge on any atom is -0.494 e. The summed E-state index contributed by atoms with van der Waals surface area (Å²) >= 11 is 1.69. The maximum Gasteiger partial charge on any atom is 0.165 e. The fourth-order valence-corrected chi connectivity index (χ4v) is 2.05. The zero-order valence-electron chi connectivity index (χ0n) is 8.70. The van der Waals surface area contributed by atoms with Gasteiger partial charge in [-0.15, -0.1) is 0 Å². The van der Waals surface area contributed by atoms with Gasteiger partial charge in [0.15, 0.2) is 11.6 Å². The molecule has 1 aromatic rings. The molecular formula is C11H15FO2S. The van der Waals surface area contributed by atoms with E-state index in [4.69, 9.17) is 9.84 Å². The molecule has 15 heavy (non-hydrogen) atoms. The molecule has 0 radical (unpaired) electrons. The van der Waals surface area contributed by atoms with Crippen LogP contribution >= 0.6 is 11.8 Å². The van der Waals surface area contributed by atoms with Gasteiger partial charge in [-0.3, -0.25) is 0 Å². The molecule has 1 rings (SSSR count). The van der Waals surface area contributed by atoms with E-state index in [1.807, 2.05) is 6.07 Å². The van der Waals surface area contributed by atoms with Crippen LogP contribution in [-0.2, 0) is 5.75 Å². The van der Waals surface area contributed by atoms with Crippen molar-refractivity contribution in [1.29, 1.82) is 0 Å². The molecule has 1 aromatic carbocycles. The topological polar surface area (TPSA) is 29.5 Å². The van der Waals surface area contributed by atoms with Crippen LogP contribution in [0.15, 0.2) is 18.2 Å². The van der Waals surface area contributed by atoms with E-state index in [1.165, 1.54) is 13.2 Å². The number of thioether (sulfide) groups is 1. The molecule has 4 heteroatoms. The van der Waals surface area contributed by atoms with Crippen molar-refractivity contribution in [3.8, 4) is 5.75 Å². The summed E-state index contributed by atoms with van der Waals surface area (Å²) in [5.41, 5.74) is 0.941. The first kappa shape index (κ1) is 12.3. The molecule has 0 spiro atoms. The van der Waals surface area contributed by atoms with E-state index in [0.717, 1.165) is 23.5 Å². The summed E-state index contributed by atoms with van der Waals surface area (Å²) in [7, 11) is 1.45. The van der Waals surface area contributed by atoms with E-state index in [9.17, 15) is 4.39 Å². The highest BCUT2D eigenvalue weighted by Gasteiger charge is 2.02. The van der Waals surface area contributed by atoms with Gasteiger partial charge < -0.3 is 9.84 Å². The zero-order valence-corrected chi connectivity index (χ0v) is 9.52. The van der Waals surface area contributed by atoms with E-state index in [1.54, 1.807) is 17.8 Å². The fraction of sp³-hybridized carbons (Fsp3) is 0.455. The molecule has 0 aliphatic rings. The van der Waals surface area contributed by atoms with Crippen LogP contribution in [0.4, 0.5) is 4.39 Å². The van der Waals surface area contributed by atoms with Gasteiger partial charge in [0.25, 0.3) is 0 Å². The van der Waals surface area contributed by atoms with Crippen LogP contribution in [0.2, 0.25) is 0 Å². The van der Waals surface area contributed by atoms with Gasteiger partial charge in [-0.1, -0.05) is 6.07 Å². The average molecular weight is 230 g/mol. The lowest BCUT2D eigenvalue weighted by molar-refractivity contribution is 0.296. The summed E-state index contributed by atoms with van der Waals surface area (Å²) < 4.78 is 18.1. The van der Waals surface area contributed by atoms with Crippen molar-refractivity contribution in [1.82, 2.24) is 0 Å². The Morgan fingerprint density at radius 1 is 1.47 bits per heavy atom. The molecule has 0 aromatic heterocycles. The quantitative estimate of drug-likeness (QED) is 0.761. The van der Waals surface area contributed by atoms with Gasteiger partial charge in [-0.2, -0.15) is 11.8 Å². The van der Waals surface area contributed by atoms with Gasteiger partial charge in [0.05, 0.1) is 7.11 Å². The summed E-state index contributed by atoms with van der Waals surface area (Å²) in [5.74, 6) is 1.61. The van der Waals surface area contributed by atoms with Gasteiger partial charge in [0.1, 0.15) is 0 Å². The number of hydrogen-bond donors (Lipinski definition) is 1. The van der Waals surface area contributed by atoms with E-state index >= 15 is 0 Å². The Morgan fingerprint density at radius 2 is 2.27 bits per heavy atom. The summed E-state index contributed by atoms with van der Waals surface area (Å²) in [6.07, 6.45) is 0.781. The highest BCUT2D eigenvalue weighted by Crippen LogP contribution is 2.20. The molecule has 0 saturated carbocycles. The number of aliphatic hydroxyl groups is 1. The van der Waals surface area contributed by atoms with Crippen molar-refractivity contribution in [2.75, 3.05) is 19.5 Å². The second-order valence-electron chi connectivity index (χ2n) is 3.10. The lowest BCUT2D eigenvalue weighted by Crippen LogP contribution is -1.91. The predicted octanol–water partition coefficient (Wildman–Crippen LogP) is 2.45. The van der Waals surface area contributed by atoms with Crippen LogP contribution in [-0.4, -0.2) is 24.6 Å². The van der Waals surface area contributed by atoms with Gasteiger partial charge in [-0.25, -0.2) is 4.39 Å². The average Bonchev–Trinajstić information content (AvgIpc) is 2.25. The highest BCUT2D eigenvalue weighted by atomic mass is 32.2. The number of benzene rings is 1. The van der Waals surface area contributed by atoms with E-state index < -0.39 is 0 Å². The minimum absolute atomic E-state index is 0.212. The molecule has 0 unspecified atom stereocenters. The Labute approximate surface area is 93.5 Å². The van der Waals surface area contributed by atoms with Crippen LogP contribution in [0.5, 0.6) is 5.75 Å². The molecule has 0 aliphatic carbocycles. The Kier molecular flexibility index (Phi) is 5.50. The molecule has 2 nitrogen and oxygen atoms in total. The van der Waals surface area contributed by atoms with Crippen molar-refractivity contribution in [2.24, 2.45) is 0 Å². The first-order chi connectivity index (χ1) is 7.27. The minimum atomic E-state index is -0.322. The zero-order chi connectivity index (χ0) is 11.1. The summed E-state index contributed by atoms with van der Waals surface area (Å²) in [6.45, 7) is 0.212. The molecule has 0 fully saturated rings. The predicted molar refractivity (Wildman–Crippen MR) is 60.8 cm³/mol. The van der Waals surface area contributed by atoms with Crippen molar-refractivity contribution in [3.05, 3.63) is 29.6 Å². The van der Waals surface area contributed by atoms with Crippen molar-refractivity contribution >= 4 is 11.8 Å². The summed E-state index contributed by atoms with van der Waals surface area (Å²) in [6, 6.07) is 4.98. The third-order valence-electron chi connectivity index (χ3n) is 1.93. The number of halogens is 1. The standard InChI is InChI=1S/C11H15FO2S/c1-14-11-4-3-9(7-10(11)12)8-15-6-2-5-13/h3-4,7,13H,2,5-6,8H2,1H3. The number of ether oxygens (including phenoxy) is 1. The van der Waals surface area contributed by atoms with Crippen molar-refractivity contribution < 1.29 is 14.2 Å². The Bertz CT molecular complexity index is 305. The SMILES string of the molecule is COc1ccc(CSCCCO)cc1F. The molecule has 0 atom stereocenters. The van der Waals surface area contributed by atoms with Crippen LogP contribution in [0.25, 0.3) is 0 Å². The van der Waals surface area contributed by atoms with Crippen LogP contribution in [0.3, 0.4) is 0 Å². The summed E-state index contributed by atoms with van der Waals surface area (Å²) in [4.78, 5) is 0. The van der Waals surface area contributed by atoms with Gasteiger partial charge >= 0.3 is 0 Å². The largest absolute Gasteiger partial charge is 0.494 e. The molecule has 1 N–H and O–H groups in total. The van der Waals surface area contributed by atoms with Gasteiger partial charge in [-0.05, 0) is 29.9 Å². The lowest BCUT2D eigenvalue weighted by atomic mass is 10.2. The Morgan fingerprint density at radius 3 is 2.87 bits per heavy atom. The highest BCUT2D eigenvalue weighted by molar-refractivity contribution is 7.98. The number of aliphatic hydroxyl groups excluding tert-OH is 1. The van der Waals surface area contributed by atoms with Gasteiger partial charge in [0, 0.05) is 12.4 Å². The first-order valence-corrected chi connectivity index (χ1v) is 5.94. The third-order valence-corrected chi connectivity index (χ3v) is 3.05. The maximum absolute atomic E-state index is 13.3. The smallest absolute Gasteiger partial charge is 0.165 e. The monoisotopic (exact) mass is 230 g/mol. The summed E-state index contributed by atoms with van der Waals surface area (Å²) in [5, 5.41) is 8.59. The van der Waals surface area contributed by atoms with Crippen molar-refractivity contribution in [3.63, 3.8) is 0 Å². The maximum atomic E-state index is 13.3. The molecular weight excluding hydrogens is 215 g/mol. The van der Waals surface area contributed by atoms with Crippen LogP contribution in [0, 0.1) is 5.82 Å². The molecule has 0 aliphatic heterocycles. The Hall–Kier alpha value is -0.740. The van der Waals surface area contributed by atoms with Crippen molar-refractivity contribution in [2.45, 2.75) is 12.2 Å². The molecule has 0 heterocycles. The molecule has 0 bridgehead atoms. The second-order valence-corrected chi connectivity index (χ2v) is 4.20. The molecule has 0 saturated heterocycles. The third kappa shape index (κ3) is 4.10. The normalized spacial score (nSPS) is 10.3.